The maximum absolute atomic E-state index is 13.1. The molecule has 0 aliphatic heterocycles. The van der Waals surface area contributed by atoms with Crippen molar-refractivity contribution in [2.24, 2.45) is 0 Å². The lowest BCUT2D eigenvalue weighted by atomic mass is 9.93. The number of rotatable bonds is 9. The Bertz CT molecular complexity index is 1510. The summed E-state index contributed by atoms with van der Waals surface area (Å²) in [5, 5.41) is 0.899. The van der Waals surface area contributed by atoms with Crippen molar-refractivity contribution in [3.8, 4) is 5.69 Å². The lowest BCUT2D eigenvalue weighted by Gasteiger charge is -2.39. The van der Waals surface area contributed by atoms with Crippen LogP contribution in [0, 0.1) is 6.92 Å². The fraction of sp³-hybridized carbons (Fsp3) is 0.344. The zero-order chi connectivity index (χ0) is 28.2. The molecule has 7 nitrogen and oxygen atoms in total. The zero-order valence-corrected chi connectivity index (χ0v) is 24.2. The van der Waals surface area contributed by atoms with E-state index in [4.69, 9.17) is 4.74 Å². The molecule has 1 saturated carbocycles. The summed E-state index contributed by atoms with van der Waals surface area (Å²) in [4.78, 5) is 15.4. The van der Waals surface area contributed by atoms with Gasteiger partial charge in [0.05, 0.1) is 40.5 Å². The molecule has 1 heterocycles. The second kappa shape index (κ2) is 12.3. The van der Waals surface area contributed by atoms with Crippen LogP contribution in [-0.2, 0) is 16.0 Å². The van der Waals surface area contributed by atoms with Crippen LogP contribution in [-0.4, -0.2) is 38.5 Å². The Labute approximate surface area is 238 Å². The molecule has 1 unspecified atom stereocenters. The van der Waals surface area contributed by atoms with Crippen molar-refractivity contribution in [1.82, 2.24) is 4.57 Å². The van der Waals surface area contributed by atoms with Gasteiger partial charge in [0.1, 0.15) is 5.69 Å². The number of ether oxygens (including phenoxy) is 1. The second-order valence-electron chi connectivity index (χ2n) is 10.2. The summed E-state index contributed by atoms with van der Waals surface area (Å²) in [7, 11) is 0. The molecule has 40 heavy (non-hydrogen) atoms. The summed E-state index contributed by atoms with van der Waals surface area (Å²) in [5.41, 5.74) is 4.93. The number of esters is 1. The fourth-order valence-electron chi connectivity index (χ4n) is 5.85. The van der Waals surface area contributed by atoms with Crippen molar-refractivity contribution in [2.45, 2.75) is 58.9 Å². The van der Waals surface area contributed by atoms with Gasteiger partial charge < -0.3 is 18.8 Å². The molecule has 0 N–H and O–H groups in total. The first-order valence-corrected chi connectivity index (χ1v) is 15.1. The number of carbonyl (C=O) groups excluding carboxylic acids is 1. The minimum absolute atomic E-state index is 0.258. The van der Waals surface area contributed by atoms with Gasteiger partial charge >= 0.3 is 5.97 Å². The molecule has 1 aromatic heterocycles. The van der Waals surface area contributed by atoms with Gasteiger partial charge in [0, 0.05) is 23.7 Å². The number of aryl methyl sites for hydroxylation is 1. The van der Waals surface area contributed by atoms with E-state index >= 15 is 0 Å². The predicted molar refractivity (Wildman–Crippen MR) is 161 cm³/mol. The Morgan fingerprint density at radius 3 is 2.38 bits per heavy atom. The Hall–Kier alpha value is -3.62. The third-order valence-electron chi connectivity index (χ3n) is 7.71. The van der Waals surface area contributed by atoms with Crippen LogP contribution in [0.4, 0.5) is 17.1 Å². The normalized spacial score (nSPS) is 14.7. The van der Waals surface area contributed by atoms with E-state index in [0.29, 0.717) is 28.8 Å². The molecular formula is C32H36N3O4S-. The molecule has 0 saturated heterocycles. The molecule has 0 spiro atoms. The van der Waals surface area contributed by atoms with Gasteiger partial charge in [-0.1, -0.05) is 55.2 Å². The largest absolute Gasteiger partial charge is 0.755 e. The first-order chi connectivity index (χ1) is 19.4. The molecule has 0 amide bonds. The van der Waals surface area contributed by atoms with Crippen molar-refractivity contribution in [3.05, 3.63) is 84.1 Å². The van der Waals surface area contributed by atoms with Gasteiger partial charge in [-0.15, -0.1) is 0 Å². The number of aromatic nitrogens is 1. The Kier molecular flexibility index (Phi) is 8.57. The number of para-hydroxylation sites is 1. The molecule has 8 heteroatoms. The number of nitrogens with zero attached hydrogens (tertiary/aromatic N) is 3. The summed E-state index contributed by atoms with van der Waals surface area (Å²) in [6.07, 6.45) is 5.73. The van der Waals surface area contributed by atoms with E-state index < -0.39 is 17.2 Å². The van der Waals surface area contributed by atoms with Crippen molar-refractivity contribution in [3.63, 3.8) is 0 Å². The number of fused-ring (bicyclic) bond motifs is 1. The number of anilines is 3. The van der Waals surface area contributed by atoms with E-state index in [1.807, 2.05) is 84.3 Å². The lowest BCUT2D eigenvalue weighted by Crippen LogP contribution is -2.38. The van der Waals surface area contributed by atoms with Gasteiger partial charge in [-0.05, 0) is 76.1 Å². The van der Waals surface area contributed by atoms with Crippen LogP contribution in [0.25, 0.3) is 16.6 Å². The molecule has 0 radical (unpaired) electrons. The summed E-state index contributed by atoms with van der Waals surface area (Å²) in [6, 6.07) is 23.3. The SMILES string of the molecule is CCOC(=O)c1cc2ccccc2n1-c1ccc(N(CC)C2CCCCC2)c(N(c2ccc(C)cc2)S(=O)[O-])c1. The highest BCUT2D eigenvalue weighted by Gasteiger charge is 2.27. The first-order valence-electron chi connectivity index (χ1n) is 14.1. The third-order valence-corrected chi connectivity index (χ3v) is 8.42. The zero-order valence-electron chi connectivity index (χ0n) is 23.3. The van der Waals surface area contributed by atoms with Gasteiger partial charge in [0.2, 0.25) is 0 Å². The summed E-state index contributed by atoms with van der Waals surface area (Å²) in [6.45, 7) is 6.89. The molecule has 0 bridgehead atoms. The fourth-order valence-corrected chi connectivity index (χ4v) is 6.45. The summed E-state index contributed by atoms with van der Waals surface area (Å²) < 4.78 is 34.5. The van der Waals surface area contributed by atoms with Crippen LogP contribution in [0.5, 0.6) is 0 Å². The van der Waals surface area contributed by atoms with Gasteiger partial charge in [0.15, 0.2) is 0 Å². The Morgan fingerprint density at radius 1 is 0.975 bits per heavy atom. The average molecular weight is 559 g/mol. The van der Waals surface area contributed by atoms with E-state index in [1.54, 1.807) is 6.92 Å². The van der Waals surface area contributed by atoms with Crippen LogP contribution in [0.15, 0.2) is 72.8 Å². The quantitative estimate of drug-likeness (QED) is 0.160. The molecule has 1 fully saturated rings. The van der Waals surface area contributed by atoms with Crippen LogP contribution in [0.2, 0.25) is 0 Å². The minimum atomic E-state index is -2.59. The van der Waals surface area contributed by atoms with Crippen molar-refractivity contribution >= 4 is 45.2 Å². The van der Waals surface area contributed by atoms with Gasteiger partial charge in [-0.2, -0.15) is 0 Å². The first kappa shape index (κ1) is 27.9. The van der Waals surface area contributed by atoms with Crippen molar-refractivity contribution < 1.29 is 18.3 Å². The van der Waals surface area contributed by atoms with Crippen LogP contribution in [0.1, 0.15) is 62.0 Å². The highest BCUT2D eigenvalue weighted by atomic mass is 32.2. The molecule has 3 aromatic carbocycles. The Morgan fingerprint density at radius 2 is 1.70 bits per heavy atom. The van der Waals surface area contributed by atoms with Gasteiger partial charge in [-0.3, -0.25) is 8.51 Å². The van der Waals surface area contributed by atoms with E-state index in [2.05, 4.69) is 11.8 Å². The molecule has 5 rings (SSSR count). The van der Waals surface area contributed by atoms with E-state index in [-0.39, 0.29) is 6.61 Å². The van der Waals surface area contributed by atoms with Crippen LogP contribution in [0.3, 0.4) is 0 Å². The summed E-state index contributed by atoms with van der Waals surface area (Å²) >= 11 is -2.59. The van der Waals surface area contributed by atoms with E-state index in [0.717, 1.165) is 41.5 Å². The number of carbonyl (C=O) groups is 1. The molecule has 1 aliphatic rings. The third kappa shape index (κ3) is 5.51. The lowest BCUT2D eigenvalue weighted by molar-refractivity contribution is 0.0517. The van der Waals surface area contributed by atoms with Gasteiger partial charge in [0.25, 0.3) is 0 Å². The van der Waals surface area contributed by atoms with Gasteiger partial charge in [-0.25, -0.2) is 4.79 Å². The summed E-state index contributed by atoms with van der Waals surface area (Å²) in [5.74, 6) is -0.426. The smallest absolute Gasteiger partial charge is 0.355 e. The standard InChI is InChI=1S/C32H37N3O4S/c1-4-33(25-12-7-6-8-13-25)29-20-19-27(22-30(29)35(40(37)38)26-17-15-23(3)16-18-26)34-28-14-10-9-11-24(28)21-31(34)32(36)39-5-2/h9-11,14-22,25H,4-8,12-13H2,1-3H3,(H,37,38)/p-1. The average Bonchev–Trinajstić information content (AvgIpc) is 3.36. The number of hydrogen-bond donors (Lipinski definition) is 0. The second-order valence-corrected chi connectivity index (χ2v) is 11.0. The molecular weight excluding hydrogens is 522 g/mol. The minimum Gasteiger partial charge on any atom is -0.755 e. The van der Waals surface area contributed by atoms with Crippen LogP contribution >= 0.6 is 0 Å². The van der Waals surface area contributed by atoms with E-state index in [1.165, 1.54) is 23.6 Å². The highest BCUT2D eigenvalue weighted by molar-refractivity contribution is 7.81. The molecule has 210 valence electrons. The Balaban J connectivity index is 1.74. The topological polar surface area (TPSA) is 77.8 Å². The monoisotopic (exact) mass is 558 g/mol. The highest BCUT2D eigenvalue weighted by Crippen LogP contribution is 2.41. The maximum Gasteiger partial charge on any atom is 0.355 e. The van der Waals surface area contributed by atoms with Crippen LogP contribution < -0.4 is 9.21 Å². The predicted octanol–water partition coefficient (Wildman–Crippen LogP) is 7.21. The number of benzene rings is 3. The molecule has 4 aromatic rings. The number of hydrogen-bond acceptors (Lipinski definition) is 5. The van der Waals surface area contributed by atoms with Crippen molar-refractivity contribution in [1.29, 1.82) is 0 Å². The molecule has 1 atom stereocenters. The van der Waals surface area contributed by atoms with Crippen molar-refractivity contribution in [2.75, 3.05) is 22.4 Å². The maximum atomic E-state index is 13.1. The molecule has 1 aliphatic carbocycles. The van der Waals surface area contributed by atoms with E-state index in [9.17, 15) is 13.6 Å².